The first-order valence-electron chi connectivity index (χ1n) is 14.8. The van der Waals surface area contributed by atoms with Gasteiger partial charge in [0.25, 0.3) is 0 Å². The van der Waals surface area contributed by atoms with E-state index in [9.17, 15) is 14.7 Å². The van der Waals surface area contributed by atoms with Crippen LogP contribution < -0.4 is 10.1 Å². The van der Waals surface area contributed by atoms with Gasteiger partial charge < -0.3 is 20.1 Å². The van der Waals surface area contributed by atoms with Crippen LogP contribution in [0.3, 0.4) is 0 Å². The minimum Gasteiger partial charge on any atom is -0.507 e. The number of carbonyl (C=O) groups excluding carboxylic acids is 2. The molecule has 0 aromatic heterocycles. The van der Waals surface area contributed by atoms with Crippen LogP contribution >= 0.6 is 17.0 Å². The van der Waals surface area contributed by atoms with E-state index in [4.69, 9.17) is 10.1 Å². The topological polar surface area (TPSA) is 103 Å². The van der Waals surface area contributed by atoms with Crippen molar-refractivity contribution in [3.05, 3.63) is 58.7 Å². The van der Waals surface area contributed by atoms with Crippen molar-refractivity contribution < 1.29 is 19.4 Å². The van der Waals surface area contributed by atoms with Crippen LogP contribution in [0.1, 0.15) is 108 Å². The molecule has 1 saturated heterocycles. The van der Waals surface area contributed by atoms with Gasteiger partial charge in [-0.15, -0.1) is 17.0 Å². The molecule has 2 aromatic carbocycles. The van der Waals surface area contributed by atoms with Crippen LogP contribution in [0.15, 0.2) is 36.4 Å². The quantitative estimate of drug-likeness (QED) is 0.178. The lowest BCUT2D eigenvalue weighted by molar-refractivity contribution is -0.118. The maximum Gasteiger partial charge on any atom is 0.216 e. The van der Waals surface area contributed by atoms with Gasteiger partial charge in [0.05, 0.1) is 13.2 Å². The van der Waals surface area contributed by atoms with Gasteiger partial charge in [0.2, 0.25) is 5.91 Å². The molecule has 2 aromatic rings. The molecular weight excluding hydrogens is 594 g/mol. The minimum absolute atomic E-state index is 0. The second kappa shape index (κ2) is 14.5. The zero-order valence-corrected chi connectivity index (χ0v) is 28.3. The molecule has 8 heteroatoms. The molecule has 1 amide bonds. The van der Waals surface area contributed by atoms with Gasteiger partial charge in [-0.05, 0) is 59.4 Å². The van der Waals surface area contributed by atoms with Gasteiger partial charge in [0.15, 0.2) is 5.78 Å². The van der Waals surface area contributed by atoms with Gasteiger partial charge >= 0.3 is 0 Å². The molecule has 0 aliphatic carbocycles. The SMILES string of the molecule is Br.CCC[C@H]1CN(CC(=O)c2cc(C(C)(C)C)c(O)c(C(C)(C)C)c2)C(=N)[C@@H]1c1ccc(OCCCNC(C)=O)cc1. The number of amides is 1. The Labute approximate surface area is 262 Å². The number of halogens is 1. The number of likely N-dealkylation sites (tertiary alicyclic amines) is 1. The number of carbonyl (C=O) groups is 2. The highest BCUT2D eigenvalue weighted by atomic mass is 79.9. The smallest absolute Gasteiger partial charge is 0.216 e. The molecule has 42 heavy (non-hydrogen) atoms. The van der Waals surface area contributed by atoms with Gasteiger partial charge in [0, 0.05) is 42.6 Å². The van der Waals surface area contributed by atoms with Crippen LogP contribution in [0.4, 0.5) is 0 Å². The van der Waals surface area contributed by atoms with E-state index in [0.717, 1.165) is 41.7 Å². The second-order valence-electron chi connectivity index (χ2n) is 13.4. The van der Waals surface area contributed by atoms with Crippen molar-refractivity contribution in [1.29, 1.82) is 5.41 Å². The van der Waals surface area contributed by atoms with Crippen molar-refractivity contribution in [2.75, 3.05) is 26.2 Å². The molecule has 3 rings (SSSR count). The van der Waals surface area contributed by atoms with Crippen molar-refractivity contribution in [1.82, 2.24) is 10.2 Å². The van der Waals surface area contributed by atoms with Crippen molar-refractivity contribution >= 4 is 34.5 Å². The number of rotatable bonds is 11. The number of ketones is 1. The van der Waals surface area contributed by atoms with E-state index in [2.05, 4.69) is 12.2 Å². The number of Topliss-reactive ketones (excluding diaryl/α,β-unsaturated/α-hetero) is 1. The number of amidine groups is 1. The molecule has 232 valence electrons. The fourth-order valence-electron chi connectivity index (χ4n) is 5.62. The summed E-state index contributed by atoms with van der Waals surface area (Å²) in [7, 11) is 0. The van der Waals surface area contributed by atoms with Crippen LogP contribution in [-0.4, -0.2) is 53.8 Å². The number of phenols is 1. The maximum absolute atomic E-state index is 13.7. The molecule has 0 unspecified atom stereocenters. The summed E-state index contributed by atoms with van der Waals surface area (Å²) in [5, 5.41) is 22.9. The highest BCUT2D eigenvalue weighted by molar-refractivity contribution is 8.93. The molecule has 0 saturated carbocycles. The number of benzene rings is 2. The van der Waals surface area contributed by atoms with Crippen LogP contribution in [0.2, 0.25) is 0 Å². The molecule has 1 aliphatic rings. The molecule has 0 spiro atoms. The lowest BCUT2D eigenvalue weighted by atomic mass is 9.78. The minimum atomic E-state index is -0.320. The number of phenolic OH excluding ortho intramolecular Hbond substituents is 1. The van der Waals surface area contributed by atoms with Crippen LogP contribution in [0, 0.1) is 11.3 Å². The second-order valence-corrected chi connectivity index (χ2v) is 13.4. The van der Waals surface area contributed by atoms with Gasteiger partial charge in [-0.2, -0.15) is 0 Å². The van der Waals surface area contributed by atoms with E-state index in [-0.39, 0.29) is 63.6 Å². The van der Waals surface area contributed by atoms with Gasteiger partial charge in [-0.1, -0.05) is 67.0 Å². The van der Waals surface area contributed by atoms with E-state index in [1.165, 1.54) is 6.92 Å². The third-order valence-corrected chi connectivity index (χ3v) is 7.81. The summed E-state index contributed by atoms with van der Waals surface area (Å²) in [4.78, 5) is 26.6. The van der Waals surface area contributed by atoms with Gasteiger partial charge in [-0.25, -0.2) is 0 Å². The zero-order valence-electron chi connectivity index (χ0n) is 26.6. The summed E-state index contributed by atoms with van der Waals surface area (Å²) in [5.74, 6) is 1.59. The fourth-order valence-corrected chi connectivity index (χ4v) is 5.62. The Kier molecular flexibility index (Phi) is 12.2. The number of ether oxygens (including phenoxy) is 1. The monoisotopic (exact) mass is 643 g/mol. The van der Waals surface area contributed by atoms with Gasteiger partial charge in [-0.3, -0.25) is 15.0 Å². The molecule has 0 radical (unpaired) electrons. The Balaban J connectivity index is 0.00000616. The molecule has 1 fully saturated rings. The van der Waals surface area contributed by atoms with Crippen molar-refractivity contribution in [2.24, 2.45) is 5.92 Å². The summed E-state index contributed by atoms with van der Waals surface area (Å²) >= 11 is 0. The summed E-state index contributed by atoms with van der Waals surface area (Å²) in [6, 6.07) is 11.6. The lowest BCUT2D eigenvalue weighted by Crippen LogP contribution is -2.32. The van der Waals surface area contributed by atoms with E-state index >= 15 is 0 Å². The van der Waals surface area contributed by atoms with E-state index in [1.54, 1.807) is 0 Å². The third-order valence-electron chi connectivity index (χ3n) is 7.81. The first-order valence-corrected chi connectivity index (χ1v) is 14.8. The Hall–Kier alpha value is -2.87. The lowest BCUT2D eigenvalue weighted by Gasteiger charge is -2.28. The number of nitrogens with zero attached hydrogens (tertiary/aromatic N) is 1. The van der Waals surface area contributed by atoms with E-state index < -0.39 is 0 Å². The highest BCUT2D eigenvalue weighted by Crippen LogP contribution is 2.41. The van der Waals surface area contributed by atoms with Gasteiger partial charge in [0.1, 0.15) is 17.3 Å². The standard InChI is InChI=1S/C34H49N3O4.BrH/c1-9-11-24-20-37(21-29(39)25-18-27(33(3,4)5)31(40)28(19-25)34(6,7)8)32(35)30(24)23-12-14-26(15-13-23)41-17-10-16-36-22(2)38;/h12-15,18-19,24,30,35,40H,9-11,16-17,20-21H2,1-8H3,(H,36,38);1H/t24-,30+;/m0./s1. The Bertz CT molecular complexity index is 1210. The largest absolute Gasteiger partial charge is 0.507 e. The Morgan fingerprint density at radius 3 is 2.12 bits per heavy atom. The summed E-state index contributed by atoms with van der Waals surface area (Å²) in [6.45, 7) is 17.8. The third kappa shape index (κ3) is 8.82. The first-order chi connectivity index (χ1) is 19.1. The zero-order chi connectivity index (χ0) is 30.5. The molecule has 3 N–H and O–H groups in total. The number of nitrogens with one attached hydrogen (secondary N) is 2. The van der Waals surface area contributed by atoms with Crippen molar-refractivity contribution in [3.8, 4) is 11.5 Å². The van der Waals surface area contributed by atoms with E-state index in [1.807, 2.05) is 82.8 Å². The van der Waals surface area contributed by atoms with E-state index in [0.29, 0.717) is 31.1 Å². The fraction of sp³-hybridized carbons (Fsp3) is 0.559. The summed E-state index contributed by atoms with van der Waals surface area (Å²) in [5.41, 5.74) is 2.54. The first kappa shape index (κ1) is 35.3. The average Bonchev–Trinajstić information content (AvgIpc) is 3.17. The molecule has 1 heterocycles. The van der Waals surface area contributed by atoms with Crippen molar-refractivity contribution in [2.45, 2.75) is 91.4 Å². The predicted octanol–water partition coefficient (Wildman–Crippen LogP) is 7.15. The number of aromatic hydroxyl groups is 1. The molecule has 7 nitrogen and oxygen atoms in total. The van der Waals surface area contributed by atoms with Crippen LogP contribution in [-0.2, 0) is 15.6 Å². The maximum atomic E-state index is 13.7. The summed E-state index contributed by atoms with van der Waals surface area (Å²) in [6.07, 6.45) is 2.71. The predicted molar refractivity (Wildman–Crippen MR) is 176 cm³/mol. The van der Waals surface area contributed by atoms with Crippen molar-refractivity contribution in [3.63, 3.8) is 0 Å². The molecular formula is C34H50BrN3O4. The van der Waals surface area contributed by atoms with Crippen LogP contribution in [0.25, 0.3) is 0 Å². The normalized spacial score (nSPS) is 17.1. The molecule has 2 atom stereocenters. The Morgan fingerprint density at radius 2 is 1.62 bits per heavy atom. The molecule has 0 bridgehead atoms. The Morgan fingerprint density at radius 1 is 1.05 bits per heavy atom. The average molecular weight is 645 g/mol. The van der Waals surface area contributed by atoms with Crippen LogP contribution in [0.5, 0.6) is 11.5 Å². The summed E-state index contributed by atoms with van der Waals surface area (Å²) < 4.78 is 5.83. The molecule has 1 aliphatic heterocycles. The number of hydrogen-bond donors (Lipinski definition) is 3. The number of hydrogen-bond acceptors (Lipinski definition) is 5. The highest BCUT2D eigenvalue weighted by Gasteiger charge is 2.39.